The molecule has 1 fully saturated rings. The molecule has 23 heavy (non-hydrogen) atoms. The molecule has 0 aliphatic carbocycles. The van der Waals surface area contributed by atoms with Gasteiger partial charge in [-0.05, 0) is 17.7 Å². The summed E-state index contributed by atoms with van der Waals surface area (Å²) in [4.78, 5) is 9.36. The van der Waals surface area contributed by atoms with Crippen LogP contribution >= 0.6 is 0 Å². The van der Waals surface area contributed by atoms with Crippen LogP contribution in [0.25, 0.3) is 11.1 Å². The predicted molar refractivity (Wildman–Crippen MR) is 85.3 cm³/mol. The van der Waals surface area contributed by atoms with Gasteiger partial charge < -0.3 is 26.2 Å². The summed E-state index contributed by atoms with van der Waals surface area (Å²) >= 11 is 0. The van der Waals surface area contributed by atoms with Gasteiger partial charge in [-0.2, -0.15) is 14.4 Å². The molecule has 1 aliphatic rings. The zero-order valence-corrected chi connectivity index (χ0v) is 12.4. The first kappa shape index (κ1) is 15.4. The number of rotatable bonds is 3. The average molecular weight is 319 g/mol. The van der Waals surface area contributed by atoms with Crippen LogP contribution < -0.4 is 16.4 Å². The van der Waals surface area contributed by atoms with E-state index in [0.29, 0.717) is 25.3 Å². The van der Waals surface area contributed by atoms with Crippen molar-refractivity contribution < 1.29 is 14.2 Å². The summed E-state index contributed by atoms with van der Waals surface area (Å²) in [6.07, 6.45) is 0. The quantitative estimate of drug-likeness (QED) is 0.712. The molecule has 1 aromatic heterocycles. The fourth-order valence-electron chi connectivity index (χ4n) is 2.70. The Balaban J connectivity index is 1.91. The lowest BCUT2D eigenvalue weighted by Crippen LogP contribution is -2.47. The molecular formula is C15H18FN5O2. The second-order valence-electron chi connectivity index (χ2n) is 5.28. The van der Waals surface area contributed by atoms with Gasteiger partial charge in [0.1, 0.15) is 5.82 Å². The third kappa shape index (κ3) is 3.03. The van der Waals surface area contributed by atoms with Crippen LogP contribution in [0.5, 0.6) is 0 Å². The van der Waals surface area contributed by atoms with Gasteiger partial charge in [0, 0.05) is 12.2 Å². The van der Waals surface area contributed by atoms with Gasteiger partial charge in [0.25, 0.3) is 0 Å². The minimum absolute atomic E-state index is 0.00218. The number of nitrogen functional groups attached to an aromatic ring is 2. The predicted octanol–water partition coefficient (Wildman–Crippen LogP) is 0.645. The number of morpholine rings is 1. The SMILES string of the molecule is Nc1nc(N)c(-c2ccc(N3CCOCC3CO)cc2)c(F)n1. The second-order valence-corrected chi connectivity index (χ2v) is 5.28. The van der Waals surface area contributed by atoms with E-state index in [0.717, 1.165) is 5.69 Å². The molecule has 8 heteroatoms. The number of hydrogen-bond donors (Lipinski definition) is 3. The molecule has 7 nitrogen and oxygen atoms in total. The van der Waals surface area contributed by atoms with E-state index in [9.17, 15) is 9.50 Å². The Morgan fingerprint density at radius 2 is 2.00 bits per heavy atom. The number of aliphatic hydroxyl groups is 1. The lowest BCUT2D eigenvalue weighted by Gasteiger charge is -2.36. The molecule has 122 valence electrons. The number of anilines is 3. The highest BCUT2D eigenvalue weighted by atomic mass is 19.1. The highest BCUT2D eigenvalue weighted by Gasteiger charge is 2.22. The van der Waals surface area contributed by atoms with E-state index in [1.165, 1.54) is 0 Å². The molecule has 0 saturated carbocycles. The van der Waals surface area contributed by atoms with Crippen molar-refractivity contribution in [3.8, 4) is 11.1 Å². The average Bonchev–Trinajstić information content (AvgIpc) is 2.54. The highest BCUT2D eigenvalue weighted by molar-refractivity contribution is 5.75. The highest BCUT2D eigenvalue weighted by Crippen LogP contribution is 2.29. The monoisotopic (exact) mass is 319 g/mol. The van der Waals surface area contributed by atoms with Crippen molar-refractivity contribution in [2.75, 3.05) is 42.7 Å². The van der Waals surface area contributed by atoms with E-state index in [1.54, 1.807) is 12.1 Å². The van der Waals surface area contributed by atoms with Crippen LogP contribution in [-0.2, 0) is 4.74 Å². The van der Waals surface area contributed by atoms with Gasteiger partial charge in [-0.1, -0.05) is 12.1 Å². The molecule has 0 radical (unpaired) electrons. The Bertz CT molecular complexity index is 672. The standard InChI is InChI=1S/C15H18FN5O2/c16-13-12(14(17)20-15(18)19-13)9-1-3-10(4-2-9)21-5-6-23-8-11(21)7-22/h1-4,11,22H,5-8H2,(H4,17,18,19,20). The number of halogens is 1. The molecule has 1 aromatic carbocycles. The van der Waals surface area contributed by atoms with E-state index in [-0.39, 0.29) is 30.0 Å². The number of ether oxygens (including phenoxy) is 1. The Morgan fingerprint density at radius 3 is 2.65 bits per heavy atom. The topological polar surface area (TPSA) is 111 Å². The van der Waals surface area contributed by atoms with Gasteiger partial charge >= 0.3 is 0 Å². The first-order valence-electron chi connectivity index (χ1n) is 7.24. The Morgan fingerprint density at radius 1 is 1.26 bits per heavy atom. The normalized spacial score (nSPS) is 18.2. The Hall–Kier alpha value is -2.45. The third-order valence-corrected chi connectivity index (χ3v) is 3.84. The summed E-state index contributed by atoms with van der Waals surface area (Å²) in [5.74, 6) is -0.941. The fraction of sp³-hybridized carbons (Fsp3) is 0.333. The minimum atomic E-state index is -0.748. The molecule has 1 unspecified atom stereocenters. The molecule has 2 aromatic rings. The lowest BCUT2D eigenvalue weighted by atomic mass is 10.1. The van der Waals surface area contributed by atoms with Crippen LogP contribution in [0.2, 0.25) is 0 Å². The smallest absolute Gasteiger partial charge is 0.227 e. The number of nitrogens with two attached hydrogens (primary N) is 2. The Labute approximate surface area is 132 Å². The summed E-state index contributed by atoms with van der Waals surface area (Å²) in [6, 6.07) is 7.09. The van der Waals surface area contributed by atoms with Gasteiger partial charge in [0.05, 0.1) is 31.4 Å². The summed E-state index contributed by atoms with van der Waals surface area (Å²) in [5, 5.41) is 9.44. The molecule has 1 saturated heterocycles. The van der Waals surface area contributed by atoms with Crippen LogP contribution in [0.4, 0.5) is 21.8 Å². The summed E-state index contributed by atoms with van der Waals surface area (Å²) in [5.41, 5.74) is 12.7. The lowest BCUT2D eigenvalue weighted by molar-refractivity contribution is 0.0727. The molecule has 1 aliphatic heterocycles. The second kappa shape index (κ2) is 6.35. The fourth-order valence-corrected chi connectivity index (χ4v) is 2.70. The molecule has 3 rings (SSSR count). The summed E-state index contributed by atoms with van der Waals surface area (Å²) < 4.78 is 19.4. The van der Waals surface area contributed by atoms with Crippen LogP contribution in [0, 0.1) is 5.95 Å². The van der Waals surface area contributed by atoms with Crippen LogP contribution in [0.1, 0.15) is 0 Å². The van der Waals surface area contributed by atoms with Gasteiger partial charge in [-0.25, -0.2) is 0 Å². The van der Waals surface area contributed by atoms with Crippen molar-refractivity contribution in [2.45, 2.75) is 6.04 Å². The van der Waals surface area contributed by atoms with Crippen LogP contribution in [0.15, 0.2) is 24.3 Å². The van der Waals surface area contributed by atoms with Gasteiger partial charge in [-0.15, -0.1) is 0 Å². The molecule has 2 heterocycles. The first-order valence-corrected chi connectivity index (χ1v) is 7.24. The molecule has 0 amide bonds. The first-order chi connectivity index (χ1) is 11.1. The third-order valence-electron chi connectivity index (χ3n) is 3.84. The van der Waals surface area contributed by atoms with Crippen molar-refractivity contribution in [3.05, 3.63) is 30.2 Å². The van der Waals surface area contributed by atoms with Gasteiger partial charge in [-0.3, -0.25) is 0 Å². The number of benzene rings is 1. The van der Waals surface area contributed by atoms with E-state index in [2.05, 4.69) is 14.9 Å². The maximum absolute atomic E-state index is 14.0. The largest absolute Gasteiger partial charge is 0.394 e. The summed E-state index contributed by atoms with van der Waals surface area (Å²) in [6.45, 7) is 1.78. The molecule has 1 atom stereocenters. The van der Waals surface area contributed by atoms with Crippen molar-refractivity contribution in [3.63, 3.8) is 0 Å². The van der Waals surface area contributed by atoms with Gasteiger partial charge in [0.15, 0.2) is 0 Å². The van der Waals surface area contributed by atoms with E-state index >= 15 is 0 Å². The minimum Gasteiger partial charge on any atom is -0.394 e. The van der Waals surface area contributed by atoms with Crippen molar-refractivity contribution in [1.29, 1.82) is 0 Å². The zero-order valence-electron chi connectivity index (χ0n) is 12.4. The number of nitrogens with zero attached hydrogens (tertiary/aromatic N) is 3. The number of hydrogen-bond acceptors (Lipinski definition) is 7. The van der Waals surface area contributed by atoms with Crippen molar-refractivity contribution >= 4 is 17.5 Å². The maximum atomic E-state index is 14.0. The van der Waals surface area contributed by atoms with Crippen molar-refractivity contribution in [1.82, 2.24) is 9.97 Å². The molecule has 0 bridgehead atoms. The number of aliphatic hydroxyl groups excluding tert-OH is 1. The molecular weight excluding hydrogens is 301 g/mol. The van der Waals surface area contributed by atoms with Crippen LogP contribution in [0.3, 0.4) is 0 Å². The van der Waals surface area contributed by atoms with Crippen LogP contribution in [-0.4, -0.2) is 47.5 Å². The maximum Gasteiger partial charge on any atom is 0.227 e. The molecule has 0 spiro atoms. The van der Waals surface area contributed by atoms with E-state index < -0.39 is 5.95 Å². The molecule has 5 N–H and O–H groups in total. The van der Waals surface area contributed by atoms with E-state index in [4.69, 9.17) is 16.2 Å². The Kier molecular flexibility index (Phi) is 4.26. The van der Waals surface area contributed by atoms with Crippen molar-refractivity contribution in [2.24, 2.45) is 0 Å². The number of aromatic nitrogens is 2. The zero-order chi connectivity index (χ0) is 16.4. The van der Waals surface area contributed by atoms with E-state index in [1.807, 2.05) is 12.1 Å². The van der Waals surface area contributed by atoms with Gasteiger partial charge in [0.2, 0.25) is 11.9 Å². The summed E-state index contributed by atoms with van der Waals surface area (Å²) in [7, 11) is 0.